The lowest BCUT2D eigenvalue weighted by atomic mass is 9.83. The molecule has 1 saturated heterocycles. The molecule has 1 unspecified atom stereocenters. The minimum absolute atomic E-state index is 0.0671. The van der Waals surface area contributed by atoms with Crippen molar-refractivity contribution in [3.8, 4) is 0 Å². The summed E-state index contributed by atoms with van der Waals surface area (Å²) in [6, 6.07) is 0.0929. The monoisotopic (exact) mass is 189 g/mol. The Morgan fingerprint density at radius 1 is 1.08 bits per heavy atom. The summed E-state index contributed by atoms with van der Waals surface area (Å²) in [5.74, 6) is -1.93. The zero-order valence-corrected chi connectivity index (χ0v) is 7.86. The van der Waals surface area contributed by atoms with Crippen LogP contribution in [0.15, 0.2) is 0 Å². The summed E-state index contributed by atoms with van der Waals surface area (Å²) in [6.45, 7) is -0.103. The van der Waals surface area contributed by atoms with Crippen LogP contribution in [0.25, 0.3) is 0 Å². The van der Waals surface area contributed by atoms with Crippen molar-refractivity contribution in [2.75, 3.05) is 6.54 Å². The van der Waals surface area contributed by atoms with E-state index in [1.54, 1.807) is 0 Å². The molecule has 2 fully saturated rings. The largest absolute Gasteiger partial charge is 0.308 e. The van der Waals surface area contributed by atoms with Crippen molar-refractivity contribution < 1.29 is 8.78 Å². The second kappa shape index (κ2) is 3.52. The molecule has 13 heavy (non-hydrogen) atoms. The summed E-state index contributed by atoms with van der Waals surface area (Å²) in [5, 5.41) is 2.97. The van der Waals surface area contributed by atoms with Crippen molar-refractivity contribution in [3.05, 3.63) is 0 Å². The lowest BCUT2D eigenvalue weighted by Crippen LogP contribution is -2.31. The van der Waals surface area contributed by atoms with E-state index in [4.69, 9.17) is 0 Å². The van der Waals surface area contributed by atoms with Crippen LogP contribution in [-0.2, 0) is 0 Å². The van der Waals surface area contributed by atoms with Gasteiger partial charge in [0.15, 0.2) is 0 Å². The van der Waals surface area contributed by atoms with Crippen LogP contribution in [0.2, 0.25) is 0 Å². The lowest BCUT2D eigenvalue weighted by molar-refractivity contribution is 0.0185. The first kappa shape index (κ1) is 9.38. The van der Waals surface area contributed by atoms with E-state index in [0.717, 1.165) is 12.8 Å². The van der Waals surface area contributed by atoms with Gasteiger partial charge in [0.25, 0.3) is 5.92 Å². The highest BCUT2D eigenvalue weighted by molar-refractivity contribution is 4.91. The summed E-state index contributed by atoms with van der Waals surface area (Å²) in [5.41, 5.74) is 0. The van der Waals surface area contributed by atoms with E-state index >= 15 is 0 Å². The lowest BCUT2D eigenvalue weighted by Gasteiger charge is -2.27. The first-order valence-electron chi connectivity index (χ1n) is 5.29. The van der Waals surface area contributed by atoms with E-state index in [-0.39, 0.29) is 19.0 Å². The summed E-state index contributed by atoms with van der Waals surface area (Å²) < 4.78 is 25.8. The molecule has 1 N–H and O–H groups in total. The van der Waals surface area contributed by atoms with Crippen LogP contribution >= 0.6 is 0 Å². The van der Waals surface area contributed by atoms with Crippen molar-refractivity contribution >= 4 is 0 Å². The molecule has 0 aromatic heterocycles. The second-order valence-electron chi connectivity index (χ2n) is 4.45. The van der Waals surface area contributed by atoms with Gasteiger partial charge in [0.1, 0.15) is 0 Å². The van der Waals surface area contributed by atoms with Crippen molar-refractivity contribution in [3.63, 3.8) is 0 Å². The molecule has 1 atom stereocenters. The van der Waals surface area contributed by atoms with Crippen LogP contribution < -0.4 is 5.32 Å². The Labute approximate surface area is 77.9 Å². The molecule has 1 aliphatic heterocycles. The number of halogens is 2. The molecule has 1 saturated carbocycles. The molecular formula is C10H17F2N. The van der Waals surface area contributed by atoms with Gasteiger partial charge in [0, 0.05) is 12.5 Å². The normalized spacial score (nSPS) is 35.1. The van der Waals surface area contributed by atoms with Gasteiger partial charge in [-0.1, -0.05) is 19.3 Å². The highest BCUT2D eigenvalue weighted by Gasteiger charge is 2.42. The van der Waals surface area contributed by atoms with Crippen molar-refractivity contribution in [1.82, 2.24) is 5.32 Å². The standard InChI is InChI=1S/C10H17F2N/c11-10(12)6-9(13-7-10)8-4-2-1-3-5-8/h8-9,13H,1-7H2. The molecule has 0 radical (unpaired) electrons. The van der Waals surface area contributed by atoms with Gasteiger partial charge in [-0.15, -0.1) is 0 Å². The average molecular weight is 189 g/mol. The van der Waals surface area contributed by atoms with Crippen molar-refractivity contribution in [1.29, 1.82) is 0 Å². The maximum absolute atomic E-state index is 12.9. The van der Waals surface area contributed by atoms with E-state index in [1.807, 2.05) is 0 Å². The quantitative estimate of drug-likeness (QED) is 0.668. The Kier molecular flexibility index (Phi) is 2.54. The Bertz CT molecular complexity index is 176. The average Bonchev–Trinajstić information content (AvgIpc) is 2.48. The summed E-state index contributed by atoms with van der Waals surface area (Å²) >= 11 is 0. The molecule has 0 bridgehead atoms. The number of hydrogen-bond acceptors (Lipinski definition) is 1. The third-order valence-electron chi connectivity index (χ3n) is 3.36. The molecular weight excluding hydrogens is 172 g/mol. The molecule has 76 valence electrons. The third kappa shape index (κ3) is 2.19. The second-order valence-corrected chi connectivity index (χ2v) is 4.45. The van der Waals surface area contributed by atoms with E-state index < -0.39 is 5.92 Å². The Balaban J connectivity index is 1.87. The molecule has 1 heterocycles. The molecule has 0 spiro atoms. The summed E-state index contributed by atoms with van der Waals surface area (Å²) in [6.07, 6.45) is 6.11. The minimum atomic E-state index is -2.44. The summed E-state index contributed by atoms with van der Waals surface area (Å²) in [4.78, 5) is 0. The van der Waals surface area contributed by atoms with Gasteiger partial charge in [-0.05, 0) is 18.8 Å². The zero-order valence-electron chi connectivity index (χ0n) is 7.86. The van der Waals surface area contributed by atoms with Gasteiger partial charge in [-0.3, -0.25) is 0 Å². The predicted molar refractivity (Wildman–Crippen MR) is 47.9 cm³/mol. The van der Waals surface area contributed by atoms with Gasteiger partial charge < -0.3 is 5.32 Å². The first-order chi connectivity index (χ1) is 6.17. The smallest absolute Gasteiger partial charge is 0.261 e. The van der Waals surface area contributed by atoms with Crippen LogP contribution in [0.4, 0.5) is 8.78 Å². The first-order valence-corrected chi connectivity index (χ1v) is 5.29. The zero-order chi connectivity index (χ0) is 9.31. The van der Waals surface area contributed by atoms with E-state index in [1.165, 1.54) is 19.3 Å². The maximum atomic E-state index is 12.9. The van der Waals surface area contributed by atoms with Crippen LogP contribution in [-0.4, -0.2) is 18.5 Å². The van der Waals surface area contributed by atoms with Gasteiger partial charge in [-0.2, -0.15) is 0 Å². The van der Waals surface area contributed by atoms with Crippen LogP contribution in [0, 0.1) is 5.92 Å². The predicted octanol–water partition coefficient (Wildman–Crippen LogP) is 2.56. The van der Waals surface area contributed by atoms with Gasteiger partial charge in [0.05, 0.1) is 6.54 Å². The SMILES string of the molecule is FC1(F)CNC(C2CCCCC2)C1. The third-order valence-corrected chi connectivity index (χ3v) is 3.36. The highest BCUT2D eigenvalue weighted by Crippen LogP contribution is 2.35. The van der Waals surface area contributed by atoms with E-state index in [0.29, 0.717) is 5.92 Å². The summed E-state index contributed by atoms with van der Waals surface area (Å²) in [7, 11) is 0. The number of hydrogen-bond donors (Lipinski definition) is 1. The molecule has 1 aliphatic carbocycles. The van der Waals surface area contributed by atoms with Crippen LogP contribution in [0.3, 0.4) is 0 Å². The topological polar surface area (TPSA) is 12.0 Å². The Hall–Kier alpha value is -0.180. The number of rotatable bonds is 1. The molecule has 2 rings (SSSR count). The molecule has 3 heteroatoms. The highest BCUT2D eigenvalue weighted by atomic mass is 19.3. The van der Waals surface area contributed by atoms with E-state index in [9.17, 15) is 8.78 Å². The number of alkyl halides is 2. The van der Waals surface area contributed by atoms with Crippen LogP contribution in [0.5, 0.6) is 0 Å². The Morgan fingerprint density at radius 2 is 1.77 bits per heavy atom. The fraction of sp³-hybridized carbons (Fsp3) is 1.00. The van der Waals surface area contributed by atoms with Crippen LogP contribution in [0.1, 0.15) is 38.5 Å². The van der Waals surface area contributed by atoms with Gasteiger partial charge >= 0.3 is 0 Å². The molecule has 0 aromatic carbocycles. The van der Waals surface area contributed by atoms with Gasteiger partial charge in [-0.25, -0.2) is 8.78 Å². The minimum Gasteiger partial charge on any atom is -0.308 e. The fourth-order valence-electron chi connectivity index (χ4n) is 2.62. The van der Waals surface area contributed by atoms with E-state index in [2.05, 4.69) is 5.32 Å². The number of nitrogens with one attached hydrogen (secondary N) is 1. The molecule has 2 aliphatic rings. The van der Waals surface area contributed by atoms with Crippen molar-refractivity contribution in [2.24, 2.45) is 5.92 Å². The molecule has 0 aromatic rings. The van der Waals surface area contributed by atoms with Gasteiger partial charge in [0.2, 0.25) is 0 Å². The maximum Gasteiger partial charge on any atom is 0.261 e. The molecule has 0 amide bonds. The molecule has 1 nitrogen and oxygen atoms in total. The fourth-order valence-corrected chi connectivity index (χ4v) is 2.62. The Morgan fingerprint density at radius 3 is 2.31 bits per heavy atom. The van der Waals surface area contributed by atoms with Crippen molar-refractivity contribution in [2.45, 2.75) is 50.5 Å².